The molecular formula is C20H18F3N5O5. The Labute approximate surface area is 184 Å². The average molecular weight is 465 g/mol. The van der Waals surface area contributed by atoms with Crippen LogP contribution in [0.4, 0.5) is 13.2 Å². The van der Waals surface area contributed by atoms with E-state index in [0.717, 1.165) is 0 Å². The first kappa shape index (κ1) is 22.5. The molecule has 1 N–H and O–H groups in total. The number of nitrogens with zero attached hydrogens (tertiary/aromatic N) is 4. The van der Waals surface area contributed by atoms with Crippen molar-refractivity contribution in [2.45, 2.75) is 19.1 Å². The second kappa shape index (κ2) is 9.02. The lowest BCUT2D eigenvalue weighted by Crippen LogP contribution is -2.53. The Hall–Kier alpha value is -3.74. The van der Waals surface area contributed by atoms with Crippen LogP contribution < -0.4 is 5.32 Å². The number of nitrogens with one attached hydrogen (secondary N) is 1. The summed E-state index contributed by atoms with van der Waals surface area (Å²) >= 11 is 0. The van der Waals surface area contributed by atoms with Crippen molar-refractivity contribution in [3.63, 3.8) is 0 Å². The Balaban J connectivity index is 1.38. The zero-order chi connectivity index (χ0) is 23.6. The fraction of sp³-hybridized carbons (Fsp3) is 0.350. The van der Waals surface area contributed by atoms with Gasteiger partial charge in [-0.05, 0) is 19.1 Å². The Morgan fingerprint density at radius 3 is 2.58 bits per heavy atom. The molecule has 0 radical (unpaired) electrons. The van der Waals surface area contributed by atoms with Crippen molar-refractivity contribution in [2.75, 3.05) is 26.3 Å². The van der Waals surface area contributed by atoms with Crippen LogP contribution in [-0.2, 0) is 10.9 Å². The summed E-state index contributed by atoms with van der Waals surface area (Å²) in [5.74, 6) is -2.37. The smallest absolute Gasteiger partial charge is 0.377 e. The highest BCUT2D eigenvalue weighted by Gasteiger charge is 2.38. The fourth-order valence-corrected chi connectivity index (χ4v) is 3.24. The number of amides is 2. The number of carbonyl (C=O) groups excluding carboxylic acids is 2. The van der Waals surface area contributed by atoms with Gasteiger partial charge in [0.25, 0.3) is 11.8 Å². The van der Waals surface area contributed by atoms with E-state index in [-0.39, 0.29) is 41.8 Å². The zero-order valence-corrected chi connectivity index (χ0v) is 17.3. The quantitative estimate of drug-likeness (QED) is 0.609. The third-order valence-electron chi connectivity index (χ3n) is 4.90. The number of halogens is 3. The monoisotopic (exact) mass is 465 g/mol. The van der Waals surface area contributed by atoms with Gasteiger partial charge in [0.05, 0.1) is 24.9 Å². The van der Waals surface area contributed by atoms with Crippen LogP contribution in [0.3, 0.4) is 0 Å². The molecule has 1 aliphatic heterocycles. The molecule has 13 heteroatoms. The molecule has 2 aromatic heterocycles. The van der Waals surface area contributed by atoms with Crippen molar-refractivity contribution in [1.29, 1.82) is 0 Å². The van der Waals surface area contributed by atoms with E-state index in [1.165, 1.54) is 30.3 Å². The van der Waals surface area contributed by atoms with Gasteiger partial charge in [0.15, 0.2) is 0 Å². The van der Waals surface area contributed by atoms with Gasteiger partial charge in [-0.15, -0.1) is 0 Å². The molecule has 0 spiro atoms. The molecule has 0 bridgehead atoms. The van der Waals surface area contributed by atoms with Gasteiger partial charge in [0.1, 0.15) is 0 Å². The number of aryl methyl sites for hydroxylation is 1. The van der Waals surface area contributed by atoms with Crippen LogP contribution in [0.15, 0.2) is 39.4 Å². The van der Waals surface area contributed by atoms with Gasteiger partial charge in [-0.1, -0.05) is 22.4 Å². The highest BCUT2D eigenvalue weighted by Crippen LogP contribution is 2.29. The molecule has 1 unspecified atom stereocenters. The topological polar surface area (TPSA) is 124 Å². The molecule has 3 heterocycles. The number of ether oxygens (including phenoxy) is 1. The molecule has 3 aromatic rings. The number of carbonyl (C=O) groups is 2. The highest BCUT2D eigenvalue weighted by atomic mass is 19.4. The number of morpholine rings is 1. The molecule has 0 aliphatic carbocycles. The summed E-state index contributed by atoms with van der Waals surface area (Å²) in [6.45, 7) is 2.75. The first-order valence-corrected chi connectivity index (χ1v) is 9.84. The van der Waals surface area contributed by atoms with E-state index in [0.29, 0.717) is 18.8 Å². The van der Waals surface area contributed by atoms with Crippen molar-refractivity contribution >= 4 is 11.8 Å². The summed E-state index contributed by atoms with van der Waals surface area (Å²) < 4.78 is 52.5. The molecule has 1 saturated heterocycles. The summed E-state index contributed by atoms with van der Waals surface area (Å²) in [7, 11) is 0. The number of rotatable bonds is 5. The number of alkyl halides is 3. The van der Waals surface area contributed by atoms with E-state index in [1.807, 2.05) is 0 Å². The molecular weight excluding hydrogens is 447 g/mol. The van der Waals surface area contributed by atoms with Crippen molar-refractivity contribution in [2.24, 2.45) is 0 Å². The standard InChI is InChI=1S/C20H18F3N5O5/c1-11-8-15(32-26-11)18(30)28-6-7-31-10-14(28)9-24-17(29)13-4-2-12(3-5-13)16-25-19(33-27-16)20(21,22)23/h2-5,8,14H,6-7,9-10H2,1H3,(H,24,29). The number of hydrogen-bond donors (Lipinski definition) is 1. The van der Waals surface area contributed by atoms with Gasteiger partial charge in [-0.3, -0.25) is 9.59 Å². The van der Waals surface area contributed by atoms with Gasteiger partial charge in [0, 0.05) is 30.3 Å². The average Bonchev–Trinajstić information content (AvgIpc) is 3.47. The second-order valence-electron chi connectivity index (χ2n) is 7.27. The minimum atomic E-state index is -4.74. The summed E-state index contributed by atoms with van der Waals surface area (Å²) in [5, 5.41) is 9.76. The second-order valence-corrected chi connectivity index (χ2v) is 7.27. The number of hydrogen-bond acceptors (Lipinski definition) is 8. The largest absolute Gasteiger partial charge is 0.471 e. The highest BCUT2D eigenvalue weighted by molar-refractivity contribution is 5.95. The molecule has 33 heavy (non-hydrogen) atoms. The van der Waals surface area contributed by atoms with Crippen molar-refractivity contribution in [3.05, 3.63) is 53.2 Å². The Kier molecular flexibility index (Phi) is 6.14. The van der Waals surface area contributed by atoms with Crippen LogP contribution in [0.25, 0.3) is 11.4 Å². The van der Waals surface area contributed by atoms with Crippen molar-refractivity contribution < 1.29 is 36.5 Å². The molecule has 174 valence electrons. The van der Waals surface area contributed by atoms with Gasteiger partial charge >= 0.3 is 12.1 Å². The number of benzene rings is 1. The van der Waals surface area contributed by atoms with E-state index in [4.69, 9.17) is 9.26 Å². The predicted molar refractivity (Wildman–Crippen MR) is 104 cm³/mol. The third-order valence-corrected chi connectivity index (χ3v) is 4.90. The van der Waals surface area contributed by atoms with Crippen molar-refractivity contribution in [1.82, 2.24) is 25.5 Å². The Morgan fingerprint density at radius 2 is 1.94 bits per heavy atom. The van der Waals surface area contributed by atoms with Crippen LogP contribution in [0.2, 0.25) is 0 Å². The predicted octanol–water partition coefficient (Wildman–Crippen LogP) is 2.32. The fourth-order valence-electron chi connectivity index (χ4n) is 3.24. The number of aromatic nitrogens is 3. The first-order chi connectivity index (χ1) is 15.7. The summed E-state index contributed by atoms with van der Waals surface area (Å²) in [5.41, 5.74) is 1.10. The zero-order valence-electron chi connectivity index (χ0n) is 17.3. The van der Waals surface area contributed by atoms with Crippen molar-refractivity contribution in [3.8, 4) is 11.4 Å². The molecule has 1 aliphatic rings. The summed E-state index contributed by atoms with van der Waals surface area (Å²) in [6.07, 6.45) is -4.74. The van der Waals surface area contributed by atoms with Gasteiger partial charge in [-0.25, -0.2) is 0 Å². The molecule has 4 rings (SSSR count). The lowest BCUT2D eigenvalue weighted by Gasteiger charge is -2.35. The first-order valence-electron chi connectivity index (χ1n) is 9.84. The molecule has 1 atom stereocenters. The summed E-state index contributed by atoms with van der Waals surface area (Å²) in [4.78, 5) is 30.1. The molecule has 10 nitrogen and oxygen atoms in total. The SMILES string of the molecule is Cc1cc(C(=O)N2CCOCC2CNC(=O)c2ccc(-c3noc(C(F)(F)F)n3)cc2)on1. The summed E-state index contributed by atoms with van der Waals surface area (Å²) in [6, 6.07) is 6.78. The van der Waals surface area contributed by atoms with Crippen LogP contribution in [0.1, 0.15) is 32.5 Å². The van der Waals surface area contributed by atoms with E-state index in [2.05, 4.69) is 25.1 Å². The van der Waals surface area contributed by atoms with Crippen LogP contribution in [0.5, 0.6) is 0 Å². The lowest BCUT2D eigenvalue weighted by molar-refractivity contribution is -0.159. The Bertz CT molecular complexity index is 1140. The van der Waals surface area contributed by atoms with Gasteiger partial charge in [-0.2, -0.15) is 18.2 Å². The van der Waals surface area contributed by atoms with E-state index in [9.17, 15) is 22.8 Å². The van der Waals surface area contributed by atoms with Gasteiger partial charge in [0.2, 0.25) is 11.6 Å². The van der Waals surface area contributed by atoms with Crippen LogP contribution >= 0.6 is 0 Å². The normalized spacial score (nSPS) is 16.6. The molecule has 1 fully saturated rings. The van der Waals surface area contributed by atoms with E-state index < -0.39 is 24.0 Å². The molecule has 2 amide bonds. The van der Waals surface area contributed by atoms with Crippen LogP contribution in [0, 0.1) is 6.92 Å². The molecule has 1 aromatic carbocycles. The van der Waals surface area contributed by atoms with Gasteiger partial charge < -0.3 is 24.0 Å². The van der Waals surface area contributed by atoms with E-state index in [1.54, 1.807) is 11.8 Å². The van der Waals surface area contributed by atoms with Crippen LogP contribution in [-0.4, -0.2) is 64.4 Å². The minimum Gasteiger partial charge on any atom is -0.377 e. The lowest BCUT2D eigenvalue weighted by atomic mass is 10.1. The third kappa shape index (κ3) is 5.03. The molecule has 0 saturated carbocycles. The maximum absolute atomic E-state index is 12.7. The maximum atomic E-state index is 12.7. The Morgan fingerprint density at radius 1 is 1.18 bits per heavy atom. The minimum absolute atomic E-state index is 0.108. The van der Waals surface area contributed by atoms with E-state index >= 15 is 0 Å². The maximum Gasteiger partial charge on any atom is 0.471 e.